The van der Waals surface area contributed by atoms with Crippen molar-refractivity contribution in [2.75, 3.05) is 6.61 Å². The third-order valence-corrected chi connectivity index (χ3v) is 8.63. The molecule has 0 saturated heterocycles. The summed E-state index contributed by atoms with van der Waals surface area (Å²) in [4.78, 5) is 0. The second kappa shape index (κ2) is 6.70. The molecule has 0 spiro atoms. The minimum Gasteiger partial charge on any atom is -0.411 e. The van der Waals surface area contributed by atoms with Crippen LogP contribution >= 0.6 is 0 Å². The molecule has 8 atom stereocenters. The summed E-state index contributed by atoms with van der Waals surface area (Å²) in [5.74, 6) is 1.26. The van der Waals surface area contributed by atoms with E-state index in [0.29, 0.717) is 35.6 Å². The number of aliphatic hydroxyl groups is 2. The van der Waals surface area contributed by atoms with Gasteiger partial charge in [0.05, 0.1) is 18.4 Å². The molecule has 0 aliphatic heterocycles. The maximum Gasteiger partial charge on any atom is 0.102 e. The number of nitrogens with zero attached hydrogens (tertiary/aromatic N) is 2. The zero-order valence-electron chi connectivity index (χ0n) is 16.9. The molecule has 4 N–H and O–H groups in total. The van der Waals surface area contributed by atoms with Crippen molar-refractivity contribution in [1.82, 2.24) is 0 Å². The summed E-state index contributed by atoms with van der Waals surface area (Å²) in [6.07, 6.45) is 9.06. The molecule has 4 aliphatic rings. The van der Waals surface area contributed by atoms with Crippen molar-refractivity contribution >= 4 is 11.4 Å². The molecule has 1 unspecified atom stereocenters. The largest absolute Gasteiger partial charge is 0.411 e. The van der Waals surface area contributed by atoms with Gasteiger partial charge < -0.3 is 20.6 Å². The second-order valence-corrected chi connectivity index (χ2v) is 9.83. The molecule has 0 bridgehead atoms. The van der Waals surface area contributed by atoms with E-state index in [9.17, 15) is 20.6 Å². The van der Waals surface area contributed by atoms with Crippen LogP contribution in [0, 0.1) is 40.4 Å². The summed E-state index contributed by atoms with van der Waals surface area (Å²) < 4.78 is 0. The van der Waals surface area contributed by atoms with Gasteiger partial charge in [0, 0.05) is 17.3 Å². The first-order valence-electron chi connectivity index (χ1n) is 10.4. The van der Waals surface area contributed by atoms with Crippen LogP contribution in [0.5, 0.6) is 0 Å². The van der Waals surface area contributed by atoms with Gasteiger partial charge in [0.25, 0.3) is 0 Å². The predicted molar refractivity (Wildman–Crippen MR) is 107 cm³/mol. The molecular weight excluding hydrogens is 356 g/mol. The number of hydrogen-bond donors (Lipinski definition) is 4. The van der Waals surface area contributed by atoms with Crippen LogP contribution in [0.2, 0.25) is 0 Å². The molecule has 6 nitrogen and oxygen atoms in total. The number of rotatable bonds is 2. The lowest BCUT2D eigenvalue weighted by Gasteiger charge is -2.60. The molecule has 6 heteroatoms. The van der Waals surface area contributed by atoms with E-state index >= 15 is 0 Å². The van der Waals surface area contributed by atoms with Crippen LogP contribution in [-0.4, -0.2) is 44.8 Å². The SMILES string of the molecule is C[C@H]1C[C@H]2C3CC[C@H](/C(CO)=N/O)[C@@]3(C)C[C@H](O)[C@@H]2[C@@]2(C)C=C/C(=N\O)C=C12. The zero-order valence-corrected chi connectivity index (χ0v) is 16.9. The first kappa shape index (κ1) is 19.6. The monoisotopic (exact) mass is 388 g/mol. The molecule has 0 heterocycles. The van der Waals surface area contributed by atoms with Crippen molar-refractivity contribution in [1.29, 1.82) is 0 Å². The topological polar surface area (TPSA) is 106 Å². The van der Waals surface area contributed by atoms with Crippen LogP contribution < -0.4 is 0 Å². The third kappa shape index (κ3) is 2.53. The smallest absolute Gasteiger partial charge is 0.102 e. The minimum atomic E-state index is -0.469. The Morgan fingerprint density at radius 1 is 1.25 bits per heavy atom. The molecule has 0 aromatic rings. The Bertz CT molecular complexity index is 772. The highest BCUT2D eigenvalue weighted by molar-refractivity contribution is 6.05. The Kier molecular flexibility index (Phi) is 4.70. The number of hydrogen-bond acceptors (Lipinski definition) is 6. The number of aliphatic hydroxyl groups excluding tert-OH is 2. The van der Waals surface area contributed by atoms with Gasteiger partial charge in [0.2, 0.25) is 0 Å². The Labute approximate surface area is 166 Å². The fourth-order valence-electron chi connectivity index (χ4n) is 7.58. The van der Waals surface area contributed by atoms with E-state index in [4.69, 9.17) is 0 Å². The summed E-state index contributed by atoms with van der Waals surface area (Å²) in [5, 5.41) is 46.4. The maximum absolute atomic E-state index is 11.4. The lowest BCUT2D eigenvalue weighted by molar-refractivity contribution is -0.115. The van der Waals surface area contributed by atoms with Gasteiger partial charge >= 0.3 is 0 Å². The molecular formula is C22H32N2O4. The molecule has 154 valence electrons. The Morgan fingerprint density at radius 3 is 2.64 bits per heavy atom. The van der Waals surface area contributed by atoms with Crippen LogP contribution in [0.25, 0.3) is 0 Å². The molecule has 3 saturated carbocycles. The molecule has 0 amide bonds. The van der Waals surface area contributed by atoms with E-state index < -0.39 is 6.10 Å². The van der Waals surface area contributed by atoms with E-state index in [1.165, 1.54) is 5.57 Å². The summed E-state index contributed by atoms with van der Waals surface area (Å²) in [6.45, 7) is 6.42. The first-order chi connectivity index (χ1) is 13.3. The van der Waals surface area contributed by atoms with Crippen molar-refractivity contribution in [3.63, 3.8) is 0 Å². The molecule has 0 radical (unpaired) electrons. The Morgan fingerprint density at radius 2 is 2.00 bits per heavy atom. The number of oxime groups is 2. The van der Waals surface area contributed by atoms with E-state index in [1.807, 2.05) is 12.2 Å². The van der Waals surface area contributed by atoms with Gasteiger partial charge in [-0.05, 0) is 61.0 Å². The number of fused-ring (bicyclic) bond motifs is 5. The molecule has 0 aromatic heterocycles. The van der Waals surface area contributed by atoms with Crippen molar-refractivity contribution in [3.05, 3.63) is 23.8 Å². The lowest BCUT2D eigenvalue weighted by atomic mass is 9.45. The highest BCUT2D eigenvalue weighted by Gasteiger charge is 2.63. The van der Waals surface area contributed by atoms with Crippen LogP contribution in [0.3, 0.4) is 0 Å². The van der Waals surface area contributed by atoms with Crippen molar-refractivity contribution < 1.29 is 20.6 Å². The van der Waals surface area contributed by atoms with Gasteiger partial charge in [0.1, 0.15) is 5.71 Å². The van der Waals surface area contributed by atoms with Crippen molar-refractivity contribution in [3.8, 4) is 0 Å². The minimum absolute atomic E-state index is 0.0122. The van der Waals surface area contributed by atoms with E-state index in [0.717, 1.165) is 19.3 Å². The van der Waals surface area contributed by atoms with E-state index in [1.54, 1.807) is 0 Å². The average Bonchev–Trinajstić information content (AvgIpc) is 2.99. The van der Waals surface area contributed by atoms with Crippen LogP contribution in [0.15, 0.2) is 34.1 Å². The standard InChI is InChI=1S/C22H32N2O4/c1-12-8-14-15-4-5-16(18(11-25)24-28)22(15,3)10-19(26)20(14)21(2)7-6-13(23-27)9-17(12)21/h6-7,9,12,14-16,19-20,25-28H,4-5,8,10-11H2,1-3H3/b23-13+,24-18+/t12-,14-,15?,16+,19-,20+,21-,22-/m0/s1. The van der Waals surface area contributed by atoms with Crippen molar-refractivity contribution in [2.24, 2.45) is 50.7 Å². The molecule has 3 fully saturated rings. The molecule has 4 aliphatic carbocycles. The van der Waals surface area contributed by atoms with Gasteiger partial charge in [-0.2, -0.15) is 0 Å². The molecule has 4 rings (SSSR count). The summed E-state index contributed by atoms with van der Waals surface area (Å²) in [6, 6.07) is 0. The lowest BCUT2D eigenvalue weighted by Crippen LogP contribution is -2.57. The first-order valence-corrected chi connectivity index (χ1v) is 10.4. The van der Waals surface area contributed by atoms with Gasteiger partial charge in [-0.25, -0.2) is 0 Å². The normalized spacial score (nSPS) is 49.4. The molecule has 0 aromatic carbocycles. The summed E-state index contributed by atoms with van der Waals surface area (Å²) >= 11 is 0. The quantitative estimate of drug-likeness (QED) is 0.331. The zero-order chi connectivity index (χ0) is 20.3. The predicted octanol–water partition coefficient (Wildman–Crippen LogP) is 3.21. The van der Waals surface area contributed by atoms with E-state index in [2.05, 4.69) is 37.2 Å². The van der Waals surface area contributed by atoms with Gasteiger partial charge in [0.15, 0.2) is 0 Å². The average molecular weight is 389 g/mol. The number of allylic oxidation sites excluding steroid dienone is 4. The van der Waals surface area contributed by atoms with Crippen LogP contribution in [-0.2, 0) is 0 Å². The third-order valence-electron chi connectivity index (χ3n) is 8.63. The van der Waals surface area contributed by atoms with E-state index in [-0.39, 0.29) is 29.3 Å². The summed E-state index contributed by atoms with van der Waals surface area (Å²) in [7, 11) is 0. The van der Waals surface area contributed by atoms with Gasteiger partial charge in [-0.1, -0.05) is 42.7 Å². The van der Waals surface area contributed by atoms with Crippen LogP contribution in [0.4, 0.5) is 0 Å². The highest BCUT2D eigenvalue weighted by Crippen LogP contribution is 2.66. The Balaban J connectivity index is 1.74. The fourth-order valence-corrected chi connectivity index (χ4v) is 7.58. The van der Waals surface area contributed by atoms with Gasteiger partial charge in [-0.15, -0.1) is 0 Å². The maximum atomic E-state index is 11.4. The van der Waals surface area contributed by atoms with Crippen molar-refractivity contribution in [2.45, 2.75) is 52.6 Å². The second-order valence-electron chi connectivity index (χ2n) is 9.83. The van der Waals surface area contributed by atoms with Gasteiger partial charge in [-0.3, -0.25) is 0 Å². The fraction of sp³-hybridized carbons (Fsp3) is 0.727. The van der Waals surface area contributed by atoms with Crippen LogP contribution in [0.1, 0.15) is 46.5 Å². The Hall–Kier alpha value is -1.66. The highest BCUT2D eigenvalue weighted by atomic mass is 16.4. The molecule has 28 heavy (non-hydrogen) atoms. The summed E-state index contributed by atoms with van der Waals surface area (Å²) in [5.41, 5.74) is 1.85.